The molecule has 0 aliphatic heterocycles. The second kappa shape index (κ2) is 6.15. The molecule has 0 atom stereocenters. The van der Waals surface area contributed by atoms with Gasteiger partial charge in [-0.25, -0.2) is 0 Å². The maximum absolute atomic E-state index is 11.1. The summed E-state index contributed by atoms with van der Waals surface area (Å²) >= 11 is 0. The van der Waals surface area contributed by atoms with Crippen LogP contribution < -0.4 is 0 Å². The van der Waals surface area contributed by atoms with Crippen molar-refractivity contribution < 1.29 is 14.0 Å². The van der Waals surface area contributed by atoms with Crippen LogP contribution in [0.15, 0.2) is 0 Å². The molecule has 4 heteroatoms. The number of unbranched alkanes of at least 4 members (excludes halogenated alkanes) is 1. The normalized spacial score (nSPS) is 11.4. The number of rotatable bonds is 6. The van der Waals surface area contributed by atoms with E-state index in [-0.39, 0.29) is 12.6 Å². The van der Waals surface area contributed by atoms with Crippen molar-refractivity contribution in [1.82, 2.24) is 0 Å². The number of carbonyl (C=O) groups excluding carboxylic acids is 1. The van der Waals surface area contributed by atoms with Gasteiger partial charge in [0.05, 0.1) is 0 Å². The third-order valence-corrected chi connectivity index (χ3v) is 2.12. The fraction of sp³-hybridized carbons (Fsp3) is 0.889. The van der Waals surface area contributed by atoms with Crippen LogP contribution in [-0.2, 0) is 14.0 Å². The maximum atomic E-state index is 11.1. The molecule has 0 bridgehead atoms. The molecule has 78 valence electrons. The fourth-order valence-corrected chi connectivity index (χ4v) is 1.51. The summed E-state index contributed by atoms with van der Waals surface area (Å²) in [7, 11) is -1.72. The van der Waals surface area contributed by atoms with Crippen LogP contribution in [0.4, 0.5) is 0 Å². The minimum absolute atomic E-state index is 0.101. The number of hydrogen-bond donors (Lipinski definition) is 0. The molecule has 0 saturated heterocycles. The molecule has 0 rings (SSSR count). The van der Waals surface area contributed by atoms with Gasteiger partial charge in [0.15, 0.2) is 0 Å². The first kappa shape index (κ1) is 12.6. The zero-order chi connectivity index (χ0) is 10.3. The predicted octanol–water partition coefficient (Wildman–Crippen LogP) is 2.18. The molecule has 0 fully saturated rings. The van der Waals surface area contributed by atoms with Gasteiger partial charge in [-0.05, 0) is 26.1 Å². The SMILES string of the molecule is CCCCOCC(=O)O[Si](C)(C)C. The van der Waals surface area contributed by atoms with Crippen molar-refractivity contribution in [3.05, 3.63) is 0 Å². The van der Waals surface area contributed by atoms with Crippen LogP contribution >= 0.6 is 0 Å². The van der Waals surface area contributed by atoms with E-state index in [1.165, 1.54) is 0 Å². The minimum atomic E-state index is -1.72. The van der Waals surface area contributed by atoms with E-state index < -0.39 is 8.32 Å². The van der Waals surface area contributed by atoms with E-state index in [1.807, 2.05) is 19.6 Å². The summed E-state index contributed by atoms with van der Waals surface area (Å²) in [6.45, 7) is 8.79. The largest absolute Gasteiger partial charge is 0.518 e. The third-order valence-electron chi connectivity index (χ3n) is 1.28. The first-order valence-corrected chi connectivity index (χ1v) is 8.16. The smallest absolute Gasteiger partial charge is 0.318 e. The number of ether oxygens (including phenoxy) is 1. The van der Waals surface area contributed by atoms with Crippen LogP contribution in [0, 0.1) is 0 Å². The van der Waals surface area contributed by atoms with Gasteiger partial charge in [-0.15, -0.1) is 0 Å². The molecule has 0 unspecified atom stereocenters. The summed E-state index contributed by atoms with van der Waals surface area (Å²) < 4.78 is 10.3. The molecule has 0 aromatic carbocycles. The van der Waals surface area contributed by atoms with Gasteiger partial charge < -0.3 is 9.16 Å². The molecule has 0 saturated carbocycles. The zero-order valence-corrected chi connectivity index (χ0v) is 10.1. The van der Waals surface area contributed by atoms with Gasteiger partial charge in [0.25, 0.3) is 0 Å². The first-order chi connectivity index (χ1) is 5.95. The molecule has 0 radical (unpaired) electrons. The molecule has 0 amide bonds. The number of hydrogen-bond acceptors (Lipinski definition) is 3. The Kier molecular flexibility index (Phi) is 5.99. The molecule has 0 spiro atoms. The van der Waals surface area contributed by atoms with E-state index in [0.717, 1.165) is 12.8 Å². The van der Waals surface area contributed by atoms with Gasteiger partial charge >= 0.3 is 5.97 Å². The predicted molar refractivity (Wildman–Crippen MR) is 55.2 cm³/mol. The highest BCUT2D eigenvalue weighted by Gasteiger charge is 2.19. The average Bonchev–Trinajstić information content (AvgIpc) is 1.94. The van der Waals surface area contributed by atoms with E-state index in [0.29, 0.717) is 6.61 Å². The van der Waals surface area contributed by atoms with Gasteiger partial charge in [0, 0.05) is 6.61 Å². The molecule has 0 aromatic rings. The monoisotopic (exact) mass is 204 g/mol. The second-order valence-corrected chi connectivity index (χ2v) is 8.42. The van der Waals surface area contributed by atoms with Crippen LogP contribution in [0.3, 0.4) is 0 Å². The summed E-state index contributed by atoms with van der Waals surface area (Å²) in [6.07, 6.45) is 2.09. The van der Waals surface area contributed by atoms with Gasteiger partial charge in [0.1, 0.15) is 6.61 Å². The van der Waals surface area contributed by atoms with E-state index in [2.05, 4.69) is 6.92 Å². The molecule has 13 heavy (non-hydrogen) atoms. The second-order valence-electron chi connectivity index (χ2n) is 3.99. The van der Waals surface area contributed by atoms with Crippen molar-refractivity contribution in [3.63, 3.8) is 0 Å². The van der Waals surface area contributed by atoms with Crippen LogP contribution in [0.2, 0.25) is 19.6 Å². The molecule has 0 aliphatic carbocycles. The Balaban J connectivity index is 3.41. The third kappa shape index (κ3) is 9.56. The first-order valence-electron chi connectivity index (χ1n) is 4.75. The van der Waals surface area contributed by atoms with Crippen molar-refractivity contribution in [2.24, 2.45) is 0 Å². The molecular weight excluding hydrogens is 184 g/mol. The van der Waals surface area contributed by atoms with Crippen LogP contribution in [-0.4, -0.2) is 27.5 Å². The van der Waals surface area contributed by atoms with Gasteiger partial charge in [-0.2, -0.15) is 0 Å². The van der Waals surface area contributed by atoms with Crippen molar-refractivity contribution in [2.75, 3.05) is 13.2 Å². The highest BCUT2D eigenvalue weighted by molar-refractivity contribution is 6.71. The summed E-state index contributed by atoms with van der Waals surface area (Å²) in [6, 6.07) is 0. The van der Waals surface area contributed by atoms with Crippen molar-refractivity contribution in [2.45, 2.75) is 39.4 Å². The highest BCUT2D eigenvalue weighted by atomic mass is 28.4. The van der Waals surface area contributed by atoms with Crippen molar-refractivity contribution >= 4 is 14.3 Å². The molecule has 0 N–H and O–H groups in total. The lowest BCUT2D eigenvalue weighted by Gasteiger charge is -2.17. The van der Waals surface area contributed by atoms with E-state index >= 15 is 0 Å². The maximum Gasteiger partial charge on any atom is 0.318 e. The van der Waals surface area contributed by atoms with E-state index in [4.69, 9.17) is 9.16 Å². The quantitative estimate of drug-likeness (QED) is 0.491. The Labute approximate surface area is 81.6 Å². The summed E-state index contributed by atoms with van der Waals surface area (Å²) in [5, 5.41) is 0. The summed E-state index contributed by atoms with van der Waals surface area (Å²) in [5.41, 5.74) is 0. The standard InChI is InChI=1S/C9H20O3Si/c1-5-6-7-11-8-9(10)12-13(2,3)4/h5-8H2,1-4H3. The van der Waals surface area contributed by atoms with Crippen LogP contribution in [0.1, 0.15) is 19.8 Å². The molecular formula is C9H20O3Si. The summed E-state index contributed by atoms with van der Waals surface area (Å²) in [4.78, 5) is 11.1. The Hall–Kier alpha value is -0.353. The minimum Gasteiger partial charge on any atom is -0.518 e. The van der Waals surface area contributed by atoms with Gasteiger partial charge in [0.2, 0.25) is 8.32 Å². The van der Waals surface area contributed by atoms with E-state index in [9.17, 15) is 4.79 Å². The van der Waals surface area contributed by atoms with Crippen LogP contribution in [0.5, 0.6) is 0 Å². The Morgan fingerprint density at radius 3 is 2.38 bits per heavy atom. The molecule has 3 nitrogen and oxygen atoms in total. The van der Waals surface area contributed by atoms with Crippen molar-refractivity contribution in [3.8, 4) is 0 Å². The molecule has 0 aromatic heterocycles. The zero-order valence-electron chi connectivity index (χ0n) is 9.05. The lowest BCUT2D eigenvalue weighted by atomic mass is 10.4. The number of carbonyl (C=O) groups is 1. The molecule has 0 heterocycles. The Morgan fingerprint density at radius 2 is 1.92 bits per heavy atom. The summed E-state index contributed by atoms with van der Waals surface area (Å²) in [5.74, 6) is -0.227. The van der Waals surface area contributed by atoms with Crippen LogP contribution in [0.25, 0.3) is 0 Å². The van der Waals surface area contributed by atoms with Gasteiger partial charge in [-0.1, -0.05) is 13.3 Å². The van der Waals surface area contributed by atoms with Crippen molar-refractivity contribution in [1.29, 1.82) is 0 Å². The fourth-order valence-electron chi connectivity index (χ4n) is 0.773. The average molecular weight is 204 g/mol. The Bertz CT molecular complexity index is 151. The lowest BCUT2D eigenvalue weighted by molar-refractivity contribution is -0.140. The van der Waals surface area contributed by atoms with Gasteiger partial charge in [-0.3, -0.25) is 4.79 Å². The lowest BCUT2D eigenvalue weighted by Crippen LogP contribution is -2.31. The topological polar surface area (TPSA) is 35.5 Å². The van der Waals surface area contributed by atoms with E-state index in [1.54, 1.807) is 0 Å². The molecule has 0 aliphatic rings. The Morgan fingerprint density at radius 1 is 1.31 bits per heavy atom. The highest BCUT2D eigenvalue weighted by Crippen LogP contribution is 2.02.